The van der Waals surface area contributed by atoms with Gasteiger partial charge in [0.25, 0.3) is 17.7 Å². The molecule has 7 nitrogen and oxygen atoms in total. The number of imide groups is 1. The van der Waals surface area contributed by atoms with Gasteiger partial charge in [0.2, 0.25) is 0 Å². The van der Waals surface area contributed by atoms with E-state index in [2.05, 4.69) is 4.90 Å². The van der Waals surface area contributed by atoms with Gasteiger partial charge in [-0.3, -0.25) is 24.2 Å². The first-order valence-electron chi connectivity index (χ1n) is 11.8. The van der Waals surface area contributed by atoms with Crippen molar-refractivity contribution in [3.8, 4) is 5.75 Å². The molecule has 2 heterocycles. The molecule has 35 heavy (non-hydrogen) atoms. The Bertz CT molecular complexity index is 1180. The zero-order valence-electron chi connectivity index (χ0n) is 19.4. The largest absolute Gasteiger partial charge is 0.492 e. The summed E-state index contributed by atoms with van der Waals surface area (Å²) in [5.74, 6) is 0.306. The molecule has 0 aliphatic carbocycles. The quantitative estimate of drug-likeness (QED) is 0.497. The van der Waals surface area contributed by atoms with Gasteiger partial charge in [0.1, 0.15) is 12.4 Å². The molecule has 3 amide bonds. The summed E-state index contributed by atoms with van der Waals surface area (Å²) >= 11 is 0. The highest BCUT2D eigenvalue weighted by Crippen LogP contribution is 2.24. The van der Waals surface area contributed by atoms with Gasteiger partial charge in [0.15, 0.2) is 0 Å². The van der Waals surface area contributed by atoms with Crippen molar-refractivity contribution in [2.75, 3.05) is 39.3 Å². The van der Waals surface area contributed by atoms with Gasteiger partial charge < -0.3 is 9.64 Å². The number of piperazine rings is 1. The molecule has 3 aromatic carbocycles. The molecular weight excluding hydrogens is 442 g/mol. The second kappa shape index (κ2) is 10.1. The Morgan fingerprint density at radius 1 is 0.743 bits per heavy atom. The normalized spacial score (nSPS) is 15.9. The van der Waals surface area contributed by atoms with E-state index in [4.69, 9.17) is 4.74 Å². The number of nitrogens with zero attached hydrogens (tertiary/aromatic N) is 3. The lowest BCUT2D eigenvalue weighted by Gasteiger charge is -2.34. The number of rotatable bonds is 7. The number of para-hydroxylation sites is 1. The van der Waals surface area contributed by atoms with Gasteiger partial charge in [-0.2, -0.15) is 0 Å². The van der Waals surface area contributed by atoms with E-state index >= 15 is 0 Å². The Kier molecular flexibility index (Phi) is 6.59. The Morgan fingerprint density at radius 3 is 1.97 bits per heavy atom. The first-order valence-corrected chi connectivity index (χ1v) is 11.8. The van der Waals surface area contributed by atoms with Crippen LogP contribution in [0.25, 0.3) is 0 Å². The molecule has 0 bridgehead atoms. The average Bonchev–Trinajstić information content (AvgIpc) is 3.15. The summed E-state index contributed by atoms with van der Waals surface area (Å²) < 4.78 is 5.77. The Morgan fingerprint density at radius 2 is 1.34 bits per heavy atom. The fraction of sp³-hybridized carbons (Fsp3) is 0.250. The van der Waals surface area contributed by atoms with Crippen molar-refractivity contribution in [1.82, 2.24) is 14.7 Å². The van der Waals surface area contributed by atoms with Gasteiger partial charge in [-0.05, 0) is 42.0 Å². The van der Waals surface area contributed by atoms with Gasteiger partial charge in [-0.1, -0.05) is 42.5 Å². The van der Waals surface area contributed by atoms with Crippen LogP contribution in [0.3, 0.4) is 0 Å². The molecule has 0 saturated carbocycles. The minimum absolute atomic E-state index is 0.00235. The number of hydrogen-bond acceptors (Lipinski definition) is 5. The highest BCUT2D eigenvalue weighted by atomic mass is 16.5. The lowest BCUT2D eigenvalue weighted by Crippen LogP contribution is -2.49. The summed E-state index contributed by atoms with van der Waals surface area (Å²) in [6.07, 6.45) is 0. The Labute approximate surface area is 204 Å². The van der Waals surface area contributed by atoms with Crippen molar-refractivity contribution in [2.24, 2.45) is 0 Å². The second-order valence-electron chi connectivity index (χ2n) is 8.73. The molecule has 1 saturated heterocycles. The summed E-state index contributed by atoms with van der Waals surface area (Å²) in [4.78, 5) is 43.6. The minimum atomic E-state index is -0.280. The van der Waals surface area contributed by atoms with E-state index in [0.717, 1.165) is 30.9 Å². The van der Waals surface area contributed by atoms with E-state index in [-0.39, 0.29) is 24.3 Å². The van der Waals surface area contributed by atoms with E-state index in [1.165, 1.54) is 4.90 Å². The van der Waals surface area contributed by atoms with Crippen LogP contribution in [0.2, 0.25) is 0 Å². The van der Waals surface area contributed by atoms with Crippen LogP contribution in [0, 0.1) is 0 Å². The van der Waals surface area contributed by atoms with E-state index in [9.17, 15) is 14.4 Å². The Hall–Kier alpha value is -3.97. The molecule has 178 valence electrons. The predicted octanol–water partition coefficient (Wildman–Crippen LogP) is 3.32. The monoisotopic (exact) mass is 469 g/mol. The van der Waals surface area contributed by atoms with Crippen LogP contribution in [-0.4, -0.2) is 71.8 Å². The van der Waals surface area contributed by atoms with E-state index in [1.807, 2.05) is 47.4 Å². The molecule has 0 aromatic heterocycles. The third-order valence-electron chi connectivity index (χ3n) is 6.50. The van der Waals surface area contributed by atoms with Crippen molar-refractivity contribution >= 4 is 17.7 Å². The second-order valence-corrected chi connectivity index (χ2v) is 8.73. The van der Waals surface area contributed by atoms with Gasteiger partial charge >= 0.3 is 0 Å². The van der Waals surface area contributed by atoms with E-state index in [1.54, 1.807) is 36.4 Å². The van der Waals surface area contributed by atoms with Gasteiger partial charge in [-0.25, -0.2) is 0 Å². The van der Waals surface area contributed by atoms with Crippen molar-refractivity contribution < 1.29 is 19.1 Å². The molecule has 0 unspecified atom stereocenters. The SMILES string of the molecule is O=C(c1ccc(CN2C(=O)c3ccccc3C2=O)cc1)N1CCN(CCOc2ccccc2)CC1. The van der Waals surface area contributed by atoms with Crippen LogP contribution in [-0.2, 0) is 6.54 Å². The molecule has 0 atom stereocenters. The molecule has 0 N–H and O–H groups in total. The maximum absolute atomic E-state index is 13.0. The molecule has 3 aromatic rings. The van der Waals surface area contributed by atoms with Crippen molar-refractivity contribution in [3.05, 3.63) is 101 Å². The molecule has 7 heteroatoms. The van der Waals surface area contributed by atoms with Crippen LogP contribution < -0.4 is 4.74 Å². The van der Waals surface area contributed by atoms with E-state index < -0.39 is 0 Å². The summed E-state index contributed by atoms with van der Waals surface area (Å²) in [7, 11) is 0. The molecule has 1 fully saturated rings. The third kappa shape index (κ3) is 4.95. The Balaban J connectivity index is 1.11. The van der Waals surface area contributed by atoms with Crippen LogP contribution in [0.15, 0.2) is 78.9 Å². The smallest absolute Gasteiger partial charge is 0.261 e. The summed E-state index contributed by atoms with van der Waals surface area (Å²) in [5, 5.41) is 0. The molecule has 0 radical (unpaired) electrons. The number of amides is 3. The lowest BCUT2D eigenvalue weighted by molar-refractivity contribution is 0.0614. The fourth-order valence-corrected chi connectivity index (χ4v) is 4.48. The van der Waals surface area contributed by atoms with E-state index in [0.29, 0.717) is 36.4 Å². The summed E-state index contributed by atoms with van der Waals surface area (Å²) in [6.45, 7) is 4.58. The molecule has 2 aliphatic rings. The van der Waals surface area contributed by atoms with Crippen molar-refractivity contribution in [2.45, 2.75) is 6.54 Å². The highest BCUT2D eigenvalue weighted by Gasteiger charge is 2.35. The molecular formula is C28H27N3O4. The molecule has 5 rings (SSSR count). The zero-order valence-corrected chi connectivity index (χ0v) is 19.4. The first-order chi connectivity index (χ1) is 17.1. The van der Waals surface area contributed by atoms with Crippen molar-refractivity contribution in [3.63, 3.8) is 0 Å². The topological polar surface area (TPSA) is 70.2 Å². The van der Waals surface area contributed by atoms with Crippen molar-refractivity contribution in [1.29, 1.82) is 0 Å². The average molecular weight is 470 g/mol. The lowest BCUT2D eigenvalue weighted by atomic mass is 10.1. The summed E-state index contributed by atoms with van der Waals surface area (Å²) in [5.41, 5.74) is 2.29. The van der Waals surface area contributed by atoms with Gasteiger partial charge in [0, 0.05) is 38.3 Å². The van der Waals surface area contributed by atoms with Crippen LogP contribution in [0.1, 0.15) is 36.6 Å². The maximum atomic E-state index is 13.0. The molecule has 0 spiro atoms. The minimum Gasteiger partial charge on any atom is -0.492 e. The summed E-state index contributed by atoms with van der Waals surface area (Å²) in [6, 6.07) is 23.8. The third-order valence-corrected chi connectivity index (χ3v) is 6.50. The predicted molar refractivity (Wildman–Crippen MR) is 131 cm³/mol. The number of hydrogen-bond donors (Lipinski definition) is 0. The maximum Gasteiger partial charge on any atom is 0.261 e. The van der Waals surface area contributed by atoms with Crippen LogP contribution in [0.4, 0.5) is 0 Å². The zero-order chi connectivity index (χ0) is 24.2. The number of ether oxygens (including phenoxy) is 1. The number of benzene rings is 3. The molecule has 2 aliphatic heterocycles. The fourth-order valence-electron chi connectivity index (χ4n) is 4.48. The number of carbonyl (C=O) groups excluding carboxylic acids is 3. The highest BCUT2D eigenvalue weighted by molar-refractivity contribution is 6.21. The number of carbonyl (C=O) groups is 3. The van der Waals surface area contributed by atoms with Crippen LogP contribution >= 0.6 is 0 Å². The van der Waals surface area contributed by atoms with Gasteiger partial charge in [-0.15, -0.1) is 0 Å². The van der Waals surface area contributed by atoms with Gasteiger partial charge in [0.05, 0.1) is 17.7 Å². The first kappa shape index (κ1) is 22.8. The number of fused-ring (bicyclic) bond motifs is 1. The van der Waals surface area contributed by atoms with Crippen LogP contribution in [0.5, 0.6) is 5.75 Å². The standard InChI is InChI=1S/C28H27N3O4/c32-26(30-16-14-29(15-17-30)18-19-35-23-6-2-1-3-7-23)22-12-10-21(11-13-22)20-31-27(33)24-8-4-5-9-25(24)28(31)34/h1-13H,14-20H2.